The molecule has 0 aromatic heterocycles. The van der Waals surface area contributed by atoms with Crippen molar-refractivity contribution < 1.29 is 4.39 Å². The summed E-state index contributed by atoms with van der Waals surface area (Å²) in [6.07, 6.45) is 0.445. The molecule has 1 nitrogen and oxygen atoms in total. The Kier molecular flexibility index (Phi) is 4.61. The fourth-order valence-electron chi connectivity index (χ4n) is 2.06. The molecule has 0 saturated carbocycles. The van der Waals surface area contributed by atoms with Crippen LogP contribution in [0, 0.1) is 12.7 Å². The Balaban J connectivity index is 2.25. The Morgan fingerprint density at radius 2 is 2.05 bits per heavy atom. The average molecular weight is 343 g/mol. The lowest BCUT2D eigenvalue weighted by atomic mass is 9.96. The molecule has 2 aromatic rings. The lowest BCUT2D eigenvalue weighted by Gasteiger charge is -2.16. The zero-order valence-electron chi connectivity index (χ0n) is 10.5. The Hall–Kier alpha value is -0.900. The van der Waals surface area contributed by atoms with Crippen LogP contribution in [0.1, 0.15) is 22.7 Å². The van der Waals surface area contributed by atoms with Crippen LogP contribution in [0.2, 0.25) is 5.02 Å². The van der Waals surface area contributed by atoms with E-state index in [1.54, 1.807) is 6.07 Å². The van der Waals surface area contributed by atoms with Crippen LogP contribution in [0.3, 0.4) is 0 Å². The number of hydrogen-bond acceptors (Lipinski definition) is 1. The van der Waals surface area contributed by atoms with E-state index in [-0.39, 0.29) is 11.9 Å². The maximum absolute atomic E-state index is 13.8. The third kappa shape index (κ3) is 3.35. The van der Waals surface area contributed by atoms with Crippen molar-refractivity contribution >= 4 is 27.5 Å². The van der Waals surface area contributed by atoms with Crippen LogP contribution in [0.25, 0.3) is 0 Å². The molecule has 1 unspecified atom stereocenters. The first-order valence-corrected chi connectivity index (χ1v) is 7.10. The largest absolute Gasteiger partial charge is 0.324 e. The predicted octanol–water partition coefficient (Wildman–Crippen LogP) is 4.79. The molecule has 0 heterocycles. The minimum Gasteiger partial charge on any atom is -0.324 e. The lowest BCUT2D eigenvalue weighted by Crippen LogP contribution is -2.15. The number of benzene rings is 2. The van der Waals surface area contributed by atoms with Crippen LogP contribution in [0.5, 0.6) is 0 Å². The highest BCUT2D eigenvalue weighted by Gasteiger charge is 2.13. The van der Waals surface area contributed by atoms with Crippen LogP contribution in [-0.2, 0) is 6.42 Å². The zero-order chi connectivity index (χ0) is 14.0. The Morgan fingerprint density at radius 1 is 1.32 bits per heavy atom. The molecule has 100 valence electrons. The van der Waals surface area contributed by atoms with Crippen molar-refractivity contribution in [2.75, 3.05) is 0 Å². The van der Waals surface area contributed by atoms with E-state index >= 15 is 0 Å². The molecule has 0 amide bonds. The summed E-state index contributed by atoms with van der Waals surface area (Å²) in [5, 5.41) is 0.684. The first kappa shape index (κ1) is 14.5. The van der Waals surface area contributed by atoms with Gasteiger partial charge in [-0.05, 0) is 48.2 Å². The van der Waals surface area contributed by atoms with Crippen molar-refractivity contribution in [2.24, 2.45) is 5.73 Å². The molecule has 0 aliphatic carbocycles. The first-order valence-electron chi connectivity index (χ1n) is 5.93. The number of rotatable bonds is 3. The van der Waals surface area contributed by atoms with Gasteiger partial charge in [0.1, 0.15) is 5.82 Å². The van der Waals surface area contributed by atoms with Gasteiger partial charge >= 0.3 is 0 Å². The predicted molar refractivity (Wildman–Crippen MR) is 80.9 cm³/mol. The van der Waals surface area contributed by atoms with Gasteiger partial charge in [-0.3, -0.25) is 0 Å². The maximum atomic E-state index is 13.8. The monoisotopic (exact) mass is 341 g/mol. The summed E-state index contributed by atoms with van der Waals surface area (Å²) in [6, 6.07) is 10.4. The van der Waals surface area contributed by atoms with Crippen molar-refractivity contribution in [2.45, 2.75) is 19.4 Å². The molecule has 0 bridgehead atoms. The van der Waals surface area contributed by atoms with Crippen molar-refractivity contribution in [3.8, 4) is 0 Å². The highest BCUT2D eigenvalue weighted by atomic mass is 79.9. The van der Waals surface area contributed by atoms with Gasteiger partial charge in [-0.2, -0.15) is 0 Å². The number of hydrogen-bond donors (Lipinski definition) is 1. The first-order chi connectivity index (χ1) is 8.99. The molecule has 0 spiro atoms. The molecule has 0 aliphatic rings. The minimum atomic E-state index is -0.269. The Labute approximate surface area is 125 Å². The van der Waals surface area contributed by atoms with Crippen LogP contribution < -0.4 is 5.73 Å². The second-order valence-electron chi connectivity index (χ2n) is 4.50. The van der Waals surface area contributed by atoms with E-state index in [1.807, 2.05) is 31.2 Å². The summed E-state index contributed by atoms with van der Waals surface area (Å²) in [5.74, 6) is -0.246. The average Bonchev–Trinajstić information content (AvgIpc) is 2.36. The second kappa shape index (κ2) is 6.04. The van der Waals surface area contributed by atoms with Gasteiger partial charge in [-0.15, -0.1) is 0 Å². The normalized spacial score (nSPS) is 12.5. The molecule has 2 rings (SSSR count). The van der Waals surface area contributed by atoms with Gasteiger partial charge in [-0.25, -0.2) is 4.39 Å². The summed E-state index contributed by atoms with van der Waals surface area (Å²) in [6.45, 7) is 1.93. The summed E-state index contributed by atoms with van der Waals surface area (Å²) >= 11 is 9.32. The van der Waals surface area contributed by atoms with E-state index < -0.39 is 0 Å². The minimum absolute atomic E-state index is 0.246. The molecule has 4 heteroatoms. The molecule has 19 heavy (non-hydrogen) atoms. The summed E-state index contributed by atoms with van der Waals surface area (Å²) in [7, 11) is 0. The molecule has 0 aliphatic heterocycles. The van der Waals surface area contributed by atoms with Crippen LogP contribution in [0.4, 0.5) is 4.39 Å². The van der Waals surface area contributed by atoms with Gasteiger partial charge in [0.15, 0.2) is 0 Å². The fourth-order valence-corrected chi connectivity index (χ4v) is 2.57. The third-order valence-corrected chi connectivity index (χ3v) is 4.07. The highest BCUT2D eigenvalue weighted by molar-refractivity contribution is 9.10. The van der Waals surface area contributed by atoms with Crippen LogP contribution in [-0.4, -0.2) is 0 Å². The third-order valence-electron chi connectivity index (χ3n) is 3.16. The summed E-state index contributed by atoms with van der Waals surface area (Å²) < 4.78 is 14.5. The molecular weight excluding hydrogens is 329 g/mol. The Bertz CT molecular complexity index is 601. The zero-order valence-corrected chi connectivity index (χ0v) is 12.8. The van der Waals surface area contributed by atoms with Gasteiger partial charge < -0.3 is 5.73 Å². The van der Waals surface area contributed by atoms with E-state index in [9.17, 15) is 4.39 Å². The lowest BCUT2D eigenvalue weighted by molar-refractivity contribution is 0.592. The van der Waals surface area contributed by atoms with E-state index in [4.69, 9.17) is 17.3 Å². The summed E-state index contributed by atoms with van der Waals surface area (Å²) in [4.78, 5) is 0. The van der Waals surface area contributed by atoms with Crippen molar-refractivity contribution in [3.63, 3.8) is 0 Å². The van der Waals surface area contributed by atoms with Crippen LogP contribution >= 0.6 is 27.5 Å². The van der Waals surface area contributed by atoms with Gasteiger partial charge in [0.2, 0.25) is 0 Å². The second-order valence-corrected chi connectivity index (χ2v) is 5.82. The molecule has 0 fully saturated rings. The summed E-state index contributed by atoms with van der Waals surface area (Å²) in [5.41, 5.74) is 8.68. The van der Waals surface area contributed by atoms with Gasteiger partial charge in [0.25, 0.3) is 0 Å². The van der Waals surface area contributed by atoms with E-state index in [0.29, 0.717) is 17.0 Å². The molecule has 2 N–H and O–H groups in total. The molecular formula is C15H14BrClFN. The van der Waals surface area contributed by atoms with Crippen LogP contribution in [0.15, 0.2) is 40.9 Å². The molecule has 0 saturated heterocycles. The SMILES string of the molecule is Cc1c(Cl)cccc1C(N)Cc1ccc(Br)cc1F. The fraction of sp³-hybridized carbons (Fsp3) is 0.200. The molecule has 1 atom stereocenters. The molecule has 0 radical (unpaired) electrons. The topological polar surface area (TPSA) is 26.0 Å². The maximum Gasteiger partial charge on any atom is 0.127 e. The number of nitrogens with two attached hydrogens (primary N) is 1. The van der Waals surface area contributed by atoms with Crippen molar-refractivity contribution in [1.82, 2.24) is 0 Å². The highest BCUT2D eigenvalue weighted by Crippen LogP contribution is 2.26. The van der Waals surface area contributed by atoms with E-state index in [2.05, 4.69) is 15.9 Å². The Morgan fingerprint density at radius 3 is 2.74 bits per heavy atom. The molecule has 2 aromatic carbocycles. The smallest absolute Gasteiger partial charge is 0.127 e. The van der Waals surface area contributed by atoms with Gasteiger partial charge in [0.05, 0.1) is 0 Å². The van der Waals surface area contributed by atoms with E-state index in [0.717, 1.165) is 15.6 Å². The van der Waals surface area contributed by atoms with Crippen molar-refractivity contribution in [3.05, 3.63) is 68.4 Å². The van der Waals surface area contributed by atoms with Gasteiger partial charge in [-0.1, -0.05) is 45.7 Å². The van der Waals surface area contributed by atoms with Gasteiger partial charge in [0, 0.05) is 15.5 Å². The van der Waals surface area contributed by atoms with E-state index in [1.165, 1.54) is 6.07 Å². The van der Waals surface area contributed by atoms with Crippen molar-refractivity contribution in [1.29, 1.82) is 0 Å². The quantitative estimate of drug-likeness (QED) is 0.852. The number of halogens is 3. The standard InChI is InChI=1S/C15H14BrClFN/c1-9-12(3-2-4-13(9)17)15(19)7-10-5-6-11(16)8-14(10)18/h2-6,8,15H,7,19H2,1H3.